The molecule has 4 nitrogen and oxygen atoms in total. The van der Waals surface area contributed by atoms with Crippen molar-refractivity contribution in [3.8, 4) is 22.9 Å². The van der Waals surface area contributed by atoms with Gasteiger partial charge in [-0.3, -0.25) is 0 Å². The third kappa shape index (κ3) is 1.93. The Morgan fingerprint density at radius 2 is 1.00 bits per heavy atom. The van der Waals surface area contributed by atoms with Crippen molar-refractivity contribution in [3.63, 3.8) is 0 Å². The number of hydrogen-bond acceptors (Lipinski definition) is 4. The third-order valence-corrected chi connectivity index (χ3v) is 3.65. The molecule has 0 spiro atoms. The summed E-state index contributed by atoms with van der Waals surface area (Å²) in [6, 6.07) is 17.9. The Morgan fingerprint density at radius 3 is 1.45 bits per heavy atom. The van der Waals surface area contributed by atoms with Crippen LogP contribution in [0, 0.1) is 0 Å². The summed E-state index contributed by atoms with van der Waals surface area (Å²) in [6.45, 7) is 0. The summed E-state index contributed by atoms with van der Waals surface area (Å²) < 4.78 is 0. The van der Waals surface area contributed by atoms with Crippen molar-refractivity contribution < 1.29 is 10.2 Å². The summed E-state index contributed by atoms with van der Waals surface area (Å²) in [6.07, 6.45) is 0. The lowest BCUT2D eigenvalue weighted by atomic mass is 10.1. The van der Waals surface area contributed by atoms with Gasteiger partial charge in [-0.05, 0) is 24.3 Å². The predicted molar refractivity (Wildman–Crippen MR) is 85.8 cm³/mol. The van der Waals surface area contributed by atoms with Gasteiger partial charge in [0, 0.05) is 22.9 Å². The van der Waals surface area contributed by atoms with Crippen LogP contribution in [0.15, 0.2) is 60.7 Å². The second-order valence-electron chi connectivity index (χ2n) is 5.09. The van der Waals surface area contributed by atoms with Crippen LogP contribution in [-0.2, 0) is 0 Å². The van der Waals surface area contributed by atoms with Crippen LogP contribution in [0.25, 0.3) is 33.2 Å². The Morgan fingerprint density at radius 1 is 0.591 bits per heavy atom. The number of nitrogens with zero attached hydrogens (tertiary/aromatic N) is 2. The molecule has 0 saturated carbocycles. The fourth-order valence-electron chi connectivity index (χ4n) is 2.58. The van der Waals surface area contributed by atoms with E-state index in [1.807, 2.05) is 48.5 Å². The fraction of sp³-hybridized carbons (Fsp3) is 0. The first-order valence-corrected chi connectivity index (χ1v) is 6.90. The molecular weight excluding hydrogens is 276 g/mol. The highest BCUT2D eigenvalue weighted by atomic mass is 16.3. The summed E-state index contributed by atoms with van der Waals surface area (Å²) in [5, 5.41) is 21.7. The van der Waals surface area contributed by atoms with Gasteiger partial charge in [-0.1, -0.05) is 24.3 Å². The molecule has 4 heteroatoms. The lowest BCUT2D eigenvalue weighted by molar-refractivity contribution is 0.480. The van der Waals surface area contributed by atoms with Crippen LogP contribution >= 0.6 is 0 Å². The van der Waals surface area contributed by atoms with Crippen molar-refractivity contribution in [2.75, 3.05) is 0 Å². The molecule has 0 bridgehead atoms. The molecule has 22 heavy (non-hydrogen) atoms. The first kappa shape index (κ1) is 12.6. The summed E-state index contributed by atoms with van der Waals surface area (Å²) in [7, 11) is 0. The van der Waals surface area contributed by atoms with Crippen molar-refractivity contribution in [2.24, 2.45) is 0 Å². The molecule has 4 rings (SSSR count). The highest BCUT2D eigenvalue weighted by Crippen LogP contribution is 2.32. The van der Waals surface area contributed by atoms with E-state index in [2.05, 4.69) is 9.97 Å². The van der Waals surface area contributed by atoms with Gasteiger partial charge in [0.15, 0.2) is 0 Å². The Balaban J connectivity index is 1.99. The minimum absolute atomic E-state index is 0.148. The molecular formula is C18H12N2O2. The second-order valence-corrected chi connectivity index (χ2v) is 5.09. The molecule has 2 N–H and O–H groups in total. The SMILES string of the molecule is Oc1cc(-c2cc(O)c3ccccc3n2)nc2ccccc12. The minimum Gasteiger partial charge on any atom is -0.507 e. The van der Waals surface area contributed by atoms with E-state index >= 15 is 0 Å². The Kier molecular flexibility index (Phi) is 2.69. The van der Waals surface area contributed by atoms with Gasteiger partial charge in [-0.25, -0.2) is 9.97 Å². The number of pyridine rings is 2. The average Bonchev–Trinajstić information content (AvgIpc) is 2.55. The van der Waals surface area contributed by atoms with E-state index < -0.39 is 0 Å². The highest BCUT2D eigenvalue weighted by Gasteiger charge is 2.10. The molecule has 2 heterocycles. The van der Waals surface area contributed by atoms with E-state index in [9.17, 15) is 10.2 Å². The minimum atomic E-state index is 0.148. The van der Waals surface area contributed by atoms with Gasteiger partial charge in [0.1, 0.15) is 11.5 Å². The normalized spacial score (nSPS) is 11.1. The van der Waals surface area contributed by atoms with Crippen molar-refractivity contribution >= 4 is 21.8 Å². The highest BCUT2D eigenvalue weighted by molar-refractivity contribution is 5.90. The molecule has 0 atom stereocenters. The molecule has 2 aromatic heterocycles. The van der Waals surface area contributed by atoms with Crippen LogP contribution in [0.3, 0.4) is 0 Å². The van der Waals surface area contributed by atoms with E-state index in [1.54, 1.807) is 12.1 Å². The third-order valence-electron chi connectivity index (χ3n) is 3.65. The van der Waals surface area contributed by atoms with Gasteiger partial charge in [-0.15, -0.1) is 0 Å². The van der Waals surface area contributed by atoms with Gasteiger partial charge in [-0.2, -0.15) is 0 Å². The molecule has 0 aliphatic heterocycles. The number of fused-ring (bicyclic) bond motifs is 2. The van der Waals surface area contributed by atoms with Crippen LogP contribution in [-0.4, -0.2) is 20.2 Å². The maximum atomic E-state index is 10.2. The van der Waals surface area contributed by atoms with Gasteiger partial charge in [0.2, 0.25) is 0 Å². The van der Waals surface area contributed by atoms with Crippen LogP contribution < -0.4 is 0 Å². The van der Waals surface area contributed by atoms with Crippen molar-refractivity contribution in [3.05, 3.63) is 60.7 Å². The lowest BCUT2D eigenvalue weighted by Gasteiger charge is -2.07. The first-order valence-electron chi connectivity index (χ1n) is 6.90. The molecule has 4 aromatic rings. The van der Waals surface area contributed by atoms with Crippen LogP contribution in [0.2, 0.25) is 0 Å². The van der Waals surface area contributed by atoms with Crippen LogP contribution in [0.1, 0.15) is 0 Å². The van der Waals surface area contributed by atoms with Gasteiger partial charge in [0.05, 0.1) is 22.4 Å². The molecule has 0 saturated heterocycles. The van der Waals surface area contributed by atoms with Crippen molar-refractivity contribution in [2.45, 2.75) is 0 Å². The molecule has 0 aliphatic rings. The van der Waals surface area contributed by atoms with Gasteiger partial charge >= 0.3 is 0 Å². The summed E-state index contributed by atoms with van der Waals surface area (Å²) in [5.41, 5.74) is 2.42. The number of benzene rings is 2. The van der Waals surface area contributed by atoms with E-state index in [0.717, 1.165) is 0 Å². The molecule has 0 radical (unpaired) electrons. The number of aromatic nitrogens is 2. The summed E-state index contributed by atoms with van der Waals surface area (Å²) in [4.78, 5) is 9.04. The Bertz CT molecular complexity index is 929. The average molecular weight is 288 g/mol. The zero-order valence-electron chi connectivity index (χ0n) is 11.6. The molecule has 0 unspecified atom stereocenters. The topological polar surface area (TPSA) is 66.2 Å². The van der Waals surface area contributed by atoms with E-state index in [4.69, 9.17) is 0 Å². The molecule has 2 aromatic carbocycles. The zero-order chi connectivity index (χ0) is 15.1. The first-order chi connectivity index (χ1) is 10.7. The number of aromatic hydroxyl groups is 2. The standard InChI is InChI=1S/C18H12N2O2/c21-17-9-15(19-13-7-3-1-5-11(13)17)16-10-18(22)12-6-2-4-8-14(12)20-16/h1-10H,(H,19,21)(H,20,22). The lowest BCUT2D eigenvalue weighted by Crippen LogP contribution is -1.90. The number of para-hydroxylation sites is 2. The summed E-state index contributed by atoms with van der Waals surface area (Å²) in [5.74, 6) is 0.296. The molecule has 0 amide bonds. The zero-order valence-corrected chi connectivity index (χ0v) is 11.6. The van der Waals surface area contributed by atoms with E-state index in [1.165, 1.54) is 0 Å². The van der Waals surface area contributed by atoms with Gasteiger partial charge in [0.25, 0.3) is 0 Å². The predicted octanol–water partition coefficient (Wildman–Crippen LogP) is 3.86. The van der Waals surface area contributed by atoms with Crippen molar-refractivity contribution in [1.82, 2.24) is 9.97 Å². The maximum absolute atomic E-state index is 10.2. The van der Waals surface area contributed by atoms with E-state index in [0.29, 0.717) is 33.2 Å². The van der Waals surface area contributed by atoms with Crippen molar-refractivity contribution in [1.29, 1.82) is 0 Å². The monoisotopic (exact) mass is 288 g/mol. The second kappa shape index (κ2) is 4.70. The summed E-state index contributed by atoms with van der Waals surface area (Å²) >= 11 is 0. The van der Waals surface area contributed by atoms with Gasteiger partial charge < -0.3 is 10.2 Å². The van der Waals surface area contributed by atoms with E-state index in [-0.39, 0.29) is 11.5 Å². The molecule has 106 valence electrons. The fourth-order valence-corrected chi connectivity index (χ4v) is 2.58. The largest absolute Gasteiger partial charge is 0.507 e. The van der Waals surface area contributed by atoms with Crippen LogP contribution in [0.5, 0.6) is 11.5 Å². The molecule has 0 fully saturated rings. The maximum Gasteiger partial charge on any atom is 0.127 e. The Labute approximate surface area is 126 Å². The Hall–Kier alpha value is -3.14. The number of rotatable bonds is 1. The quantitative estimate of drug-likeness (QED) is 0.558. The number of hydrogen-bond donors (Lipinski definition) is 2. The molecule has 0 aliphatic carbocycles. The van der Waals surface area contributed by atoms with Crippen LogP contribution in [0.4, 0.5) is 0 Å². The smallest absolute Gasteiger partial charge is 0.127 e.